The van der Waals surface area contributed by atoms with Gasteiger partial charge in [-0.15, -0.1) is 0 Å². The van der Waals surface area contributed by atoms with E-state index in [1.54, 1.807) is 0 Å². The molecular weight excluding hydrogens is 581 g/mol. The van der Waals surface area contributed by atoms with Crippen molar-refractivity contribution in [3.05, 3.63) is 206 Å². The van der Waals surface area contributed by atoms with Crippen molar-refractivity contribution in [2.75, 3.05) is 9.80 Å². The summed E-state index contributed by atoms with van der Waals surface area (Å²) in [6.45, 7) is 0. The third kappa shape index (κ3) is 5.84. The molecule has 8 aromatic carbocycles. The van der Waals surface area contributed by atoms with E-state index >= 15 is 0 Å². The van der Waals surface area contributed by atoms with Gasteiger partial charge in [0, 0.05) is 34.0 Å². The van der Waals surface area contributed by atoms with Gasteiger partial charge in [0.25, 0.3) is 0 Å². The first-order valence-electron chi connectivity index (χ1n) is 16.4. The van der Waals surface area contributed by atoms with Gasteiger partial charge >= 0.3 is 0 Å². The van der Waals surface area contributed by atoms with E-state index in [-0.39, 0.29) is 0 Å². The third-order valence-electron chi connectivity index (χ3n) is 8.81. The smallest absolute Gasteiger partial charge is 0.0540 e. The van der Waals surface area contributed by atoms with E-state index in [0.29, 0.717) is 0 Å². The average molecular weight is 615 g/mol. The number of hydrogen-bond donors (Lipinski definition) is 0. The summed E-state index contributed by atoms with van der Waals surface area (Å²) in [5.74, 6) is 0. The molecule has 0 atom stereocenters. The van der Waals surface area contributed by atoms with Crippen LogP contribution in [-0.4, -0.2) is 0 Å². The maximum absolute atomic E-state index is 2.35. The second-order valence-electron chi connectivity index (χ2n) is 11.9. The molecule has 0 N–H and O–H groups in total. The summed E-state index contributed by atoms with van der Waals surface area (Å²) < 4.78 is 0. The molecule has 2 nitrogen and oxygen atoms in total. The molecule has 0 radical (unpaired) electrons. The van der Waals surface area contributed by atoms with Crippen molar-refractivity contribution in [2.45, 2.75) is 0 Å². The minimum atomic E-state index is 1.11. The van der Waals surface area contributed by atoms with Crippen LogP contribution in [0.5, 0.6) is 0 Å². The molecular formula is C46H34N2. The Balaban J connectivity index is 1.14. The van der Waals surface area contributed by atoms with Gasteiger partial charge in [-0.05, 0) is 100 Å². The molecule has 8 rings (SSSR count). The Kier molecular flexibility index (Phi) is 7.96. The van der Waals surface area contributed by atoms with Crippen molar-refractivity contribution in [1.82, 2.24) is 0 Å². The average Bonchev–Trinajstić information content (AvgIpc) is 3.17. The second kappa shape index (κ2) is 13.2. The highest BCUT2D eigenvalue weighted by Crippen LogP contribution is 2.41. The van der Waals surface area contributed by atoms with Crippen LogP contribution in [0.1, 0.15) is 0 Å². The molecule has 0 spiro atoms. The molecule has 228 valence electrons. The van der Waals surface area contributed by atoms with Gasteiger partial charge in [0.1, 0.15) is 0 Å². The van der Waals surface area contributed by atoms with Gasteiger partial charge < -0.3 is 9.80 Å². The highest BCUT2D eigenvalue weighted by molar-refractivity contribution is 5.93. The molecule has 0 amide bonds. The second-order valence-corrected chi connectivity index (χ2v) is 11.9. The molecule has 0 aliphatic rings. The van der Waals surface area contributed by atoms with Gasteiger partial charge in [-0.1, -0.05) is 133 Å². The van der Waals surface area contributed by atoms with E-state index in [1.807, 2.05) is 0 Å². The van der Waals surface area contributed by atoms with E-state index in [2.05, 4.69) is 216 Å². The molecule has 48 heavy (non-hydrogen) atoms. The van der Waals surface area contributed by atoms with Crippen LogP contribution >= 0.6 is 0 Å². The predicted octanol–water partition coefficient (Wildman–Crippen LogP) is 13.1. The van der Waals surface area contributed by atoms with Crippen LogP contribution in [0.25, 0.3) is 33.0 Å². The first kappa shape index (κ1) is 29.1. The predicted molar refractivity (Wildman–Crippen MR) is 204 cm³/mol. The van der Waals surface area contributed by atoms with Crippen LogP contribution in [0, 0.1) is 0 Å². The summed E-state index contributed by atoms with van der Waals surface area (Å²) in [6, 6.07) is 73.4. The fraction of sp³-hybridized carbons (Fsp3) is 0. The maximum Gasteiger partial charge on any atom is 0.0540 e. The van der Waals surface area contributed by atoms with Crippen LogP contribution in [0.2, 0.25) is 0 Å². The minimum absolute atomic E-state index is 1.11. The van der Waals surface area contributed by atoms with Gasteiger partial charge in [0.05, 0.1) is 5.69 Å². The summed E-state index contributed by atoms with van der Waals surface area (Å²) >= 11 is 0. The van der Waals surface area contributed by atoms with Gasteiger partial charge in [-0.25, -0.2) is 0 Å². The zero-order chi connectivity index (χ0) is 32.1. The quantitative estimate of drug-likeness (QED) is 0.168. The molecule has 0 heterocycles. The topological polar surface area (TPSA) is 6.48 Å². The molecule has 0 aliphatic heterocycles. The van der Waals surface area contributed by atoms with Crippen LogP contribution in [0.4, 0.5) is 34.1 Å². The Bertz CT molecular complexity index is 2220. The molecule has 0 aromatic heterocycles. The number of rotatable bonds is 8. The van der Waals surface area contributed by atoms with Gasteiger partial charge in [-0.3, -0.25) is 0 Å². The Morgan fingerprint density at radius 2 is 0.688 bits per heavy atom. The fourth-order valence-corrected chi connectivity index (χ4v) is 6.49. The third-order valence-corrected chi connectivity index (χ3v) is 8.81. The first-order valence-corrected chi connectivity index (χ1v) is 16.4. The number of hydrogen-bond acceptors (Lipinski definition) is 2. The minimum Gasteiger partial charge on any atom is -0.310 e. The highest BCUT2D eigenvalue weighted by Gasteiger charge is 2.17. The summed E-state index contributed by atoms with van der Waals surface area (Å²) in [4.78, 5) is 4.65. The van der Waals surface area contributed by atoms with E-state index < -0.39 is 0 Å². The lowest BCUT2D eigenvalue weighted by Gasteiger charge is -2.28. The van der Waals surface area contributed by atoms with Crippen molar-refractivity contribution in [1.29, 1.82) is 0 Å². The molecule has 0 saturated heterocycles. The molecule has 8 aromatic rings. The molecule has 2 heteroatoms. The van der Waals surface area contributed by atoms with Crippen LogP contribution in [0.3, 0.4) is 0 Å². The zero-order valence-corrected chi connectivity index (χ0v) is 26.5. The number of fused-ring (bicyclic) bond motifs is 1. The van der Waals surface area contributed by atoms with Crippen molar-refractivity contribution in [3.8, 4) is 22.3 Å². The molecule has 0 bridgehead atoms. The summed E-state index contributed by atoms with van der Waals surface area (Å²) in [5, 5.41) is 2.42. The monoisotopic (exact) mass is 614 g/mol. The van der Waals surface area contributed by atoms with Gasteiger partial charge in [0.15, 0.2) is 0 Å². The molecule has 0 aliphatic carbocycles. The van der Waals surface area contributed by atoms with Crippen LogP contribution < -0.4 is 9.80 Å². The Morgan fingerprint density at radius 3 is 1.31 bits per heavy atom. The van der Waals surface area contributed by atoms with Crippen molar-refractivity contribution >= 4 is 44.9 Å². The standard InChI is InChI=1S/C46H34N2/c1-5-15-36(16-6-1)45-23-13-14-24-46(45)48(42-21-11-4-12-22-42)43-30-27-35(28-31-43)37-25-26-39-34-44(32-29-38(39)33-37)47(40-17-7-2-8-18-40)41-19-9-3-10-20-41/h1-34H. The molecule has 0 unspecified atom stereocenters. The fourth-order valence-electron chi connectivity index (χ4n) is 6.49. The lowest BCUT2D eigenvalue weighted by Crippen LogP contribution is -2.11. The normalized spacial score (nSPS) is 10.9. The van der Waals surface area contributed by atoms with Gasteiger partial charge in [0.2, 0.25) is 0 Å². The SMILES string of the molecule is c1ccc(-c2ccccc2N(c2ccccc2)c2ccc(-c3ccc4cc(N(c5ccccc5)c5ccccc5)ccc4c3)cc2)cc1. The van der Waals surface area contributed by atoms with E-state index in [1.165, 1.54) is 33.0 Å². The maximum atomic E-state index is 2.35. The number of para-hydroxylation sites is 4. The largest absolute Gasteiger partial charge is 0.310 e. The van der Waals surface area contributed by atoms with Crippen molar-refractivity contribution in [3.63, 3.8) is 0 Å². The first-order chi connectivity index (χ1) is 23.8. The zero-order valence-electron chi connectivity index (χ0n) is 26.5. The van der Waals surface area contributed by atoms with E-state index in [0.717, 1.165) is 34.1 Å². The Labute approximate surface area is 282 Å². The van der Waals surface area contributed by atoms with E-state index in [9.17, 15) is 0 Å². The molecule has 0 fully saturated rings. The summed E-state index contributed by atoms with van der Waals surface area (Å²) in [6.07, 6.45) is 0. The lowest BCUT2D eigenvalue weighted by molar-refractivity contribution is 1.28. The number of anilines is 6. The van der Waals surface area contributed by atoms with Gasteiger partial charge in [-0.2, -0.15) is 0 Å². The Morgan fingerprint density at radius 1 is 0.250 bits per heavy atom. The lowest BCUT2D eigenvalue weighted by atomic mass is 9.99. The van der Waals surface area contributed by atoms with Crippen LogP contribution in [-0.2, 0) is 0 Å². The van der Waals surface area contributed by atoms with Crippen molar-refractivity contribution < 1.29 is 0 Å². The molecule has 0 saturated carbocycles. The summed E-state index contributed by atoms with van der Waals surface area (Å²) in [7, 11) is 0. The number of nitrogens with zero attached hydrogens (tertiary/aromatic N) is 2. The van der Waals surface area contributed by atoms with E-state index in [4.69, 9.17) is 0 Å². The summed E-state index contributed by atoms with van der Waals surface area (Å²) in [5.41, 5.74) is 11.5. The van der Waals surface area contributed by atoms with Crippen LogP contribution in [0.15, 0.2) is 206 Å². The Hall–Kier alpha value is -6.38. The highest BCUT2D eigenvalue weighted by atomic mass is 15.1. The number of benzene rings is 8. The van der Waals surface area contributed by atoms with Crippen molar-refractivity contribution in [2.24, 2.45) is 0 Å².